The zero-order chi connectivity index (χ0) is 17.1. The fraction of sp³-hybridized carbons (Fsp3) is 0.412. The molecule has 0 spiro atoms. The van der Waals surface area contributed by atoms with Gasteiger partial charge in [-0.05, 0) is 24.2 Å². The van der Waals surface area contributed by atoms with Gasteiger partial charge in [-0.3, -0.25) is 4.79 Å². The molecule has 3 rings (SSSR count). The van der Waals surface area contributed by atoms with Crippen LogP contribution < -0.4 is 10.5 Å². The Morgan fingerprint density at radius 3 is 2.46 bits per heavy atom. The molecule has 2 aromatic rings. The molecular weight excluding hydrogens is 331 g/mol. The number of benzene rings is 1. The van der Waals surface area contributed by atoms with Gasteiger partial charge in [-0.2, -0.15) is 5.10 Å². The first-order valence-corrected chi connectivity index (χ1v) is 8.43. The molecule has 0 unspecified atom stereocenters. The molecular formula is C17H20ClFN4O. The molecule has 1 aromatic heterocycles. The molecule has 1 aliphatic rings. The Balaban J connectivity index is 1.79. The van der Waals surface area contributed by atoms with Crippen molar-refractivity contribution in [3.63, 3.8) is 0 Å². The number of piperazine rings is 1. The molecule has 0 saturated carbocycles. The van der Waals surface area contributed by atoms with E-state index >= 15 is 0 Å². The average Bonchev–Trinajstić information content (AvgIpc) is 2.61. The van der Waals surface area contributed by atoms with E-state index in [4.69, 9.17) is 11.6 Å². The van der Waals surface area contributed by atoms with E-state index in [9.17, 15) is 9.18 Å². The van der Waals surface area contributed by atoms with E-state index in [0.29, 0.717) is 5.69 Å². The average molecular weight is 351 g/mol. The van der Waals surface area contributed by atoms with Gasteiger partial charge in [0.25, 0.3) is 5.56 Å². The second-order valence-corrected chi connectivity index (χ2v) is 6.23. The highest BCUT2D eigenvalue weighted by atomic mass is 35.5. The van der Waals surface area contributed by atoms with Crippen LogP contribution in [0.3, 0.4) is 0 Å². The van der Waals surface area contributed by atoms with Crippen LogP contribution in [0, 0.1) is 5.82 Å². The normalized spacial score (nSPS) is 15.7. The molecule has 1 fully saturated rings. The van der Waals surface area contributed by atoms with Gasteiger partial charge in [0.1, 0.15) is 10.8 Å². The number of aromatic nitrogens is 2. The molecule has 0 radical (unpaired) electrons. The first kappa shape index (κ1) is 16.9. The van der Waals surface area contributed by atoms with Crippen molar-refractivity contribution in [1.29, 1.82) is 0 Å². The Bertz CT molecular complexity index is 754. The number of anilines is 1. The van der Waals surface area contributed by atoms with Gasteiger partial charge < -0.3 is 9.80 Å². The minimum absolute atomic E-state index is 0.192. The first-order chi connectivity index (χ1) is 11.6. The van der Waals surface area contributed by atoms with Crippen LogP contribution >= 0.6 is 11.6 Å². The van der Waals surface area contributed by atoms with E-state index in [2.05, 4.69) is 21.8 Å². The Labute approximate surface area is 145 Å². The lowest BCUT2D eigenvalue weighted by Crippen LogP contribution is -2.46. The van der Waals surface area contributed by atoms with Gasteiger partial charge in [-0.1, -0.05) is 30.7 Å². The highest BCUT2D eigenvalue weighted by molar-refractivity contribution is 6.33. The van der Waals surface area contributed by atoms with Crippen LogP contribution in [0.25, 0.3) is 0 Å². The van der Waals surface area contributed by atoms with Crippen molar-refractivity contribution < 1.29 is 4.39 Å². The predicted molar refractivity (Wildman–Crippen MR) is 93.3 cm³/mol. The van der Waals surface area contributed by atoms with Crippen LogP contribution in [0.4, 0.5) is 10.1 Å². The number of hydrogen-bond donors (Lipinski definition) is 0. The summed E-state index contributed by atoms with van der Waals surface area (Å²) in [5, 5.41) is 4.43. The summed E-state index contributed by atoms with van der Waals surface area (Å²) in [4.78, 5) is 16.9. The number of likely N-dealkylation sites (N-methyl/N-ethyl adjacent to an activating group) is 1. The zero-order valence-electron chi connectivity index (χ0n) is 13.6. The second-order valence-electron chi connectivity index (χ2n) is 5.85. The fourth-order valence-electron chi connectivity index (χ4n) is 2.86. The van der Waals surface area contributed by atoms with Gasteiger partial charge in [0.05, 0.1) is 18.4 Å². The van der Waals surface area contributed by atoms with Crippen molar-refractivity contribution in [1.82, 2.24) is 14.7 Å². The third-order valence-electron chi connectivity index (χ3n) is 4.37. The number of halogens is 2. The number of hydrogen-bond acceptors (Lipinski definition) is 4. The minimum Gasteiger partial charge on any atom is -0.366 e. The highest BCUT2D eigenvalue weighted by Crippen LogP contribution is 2.22. The van der Waals surface area contributed by atoms with E-state index in [-0.39, 0.29) is 22.9 Å². The highest BCUT2D eigenvalue weighted by Gasteiger charge is 2.20. The summed E-state index contributed by atoms with van der Waals surface area (Å²) >= 11 is 6.30. The lowest BCUT2D eigenvalue weighted by molar-refractivity contribution is 0.271. The first-order valence-electron chi connectivity index (χ1n) is 8.06. The third-order valence-corrected chi connectivity index (χ3v) is 4.73. The predicted octanol–water partition coefficient (Wildman–Crippen LogP) is 2.23. The van der Waals surface area contributed by atoms with E-state index in [1.54, 1.807) is 18.3 Å². The van der Waals surface area contributed by atoms with E-state index in [1.165, 1.54) is 16.8 Å². The van der Waals surface area contributed by atoms with E-state index in [1.807, 2.05) is 0 Å². The van der Waals surface area contributed by atoms with Crippen molar-refractivity contribution in [3.8, 4) is 0 Å². The molecule has 24 heavy (non-hydrogen) atoms. The van der Waals surface area contributed by atoms with Gasteiger partial charge >= 0.3 is 0 Å². The summed E-state index contributed by atoms with van der Waals surface area (Å²) in [5.41, 5.74) is 1.16. The Hall–Kier alpha value is -1.92. The maximum absolute atomic E-state index is 13.0. The summed E-state index contributed by atoms with van der Waals surface area (Å²) in [6.45, 7) is 6.99. The molecule has 0 bridgehead atoms. The van der Waals surface area contributed by atoms with Crippen molar-refractivity contribution in [2.24, 2.45) is 0 Å². The lowest BCUT2D eigenvalue weighted by atomic mass is 10.2. The topological polar surface area (TPSA) is 41.4 Å². The summed E-state index contributed by atoms with van der Waals surface area (Å²) in [5.74, 6) is -0.307. The standard InChI is InChI=1S/C17H20ClFN4O/c1-2-21-7-9-22(10-8-21)15-11-20-23(17(24)16(15)18)12-13-3-5-14(19)6-4-13/h3-6,11H,2,7-10,12H2,1H3. The van der Waals surface area contributed by atoms with E-state index < -0.39 is 0 Å². The molecule has 1 aliphatic heterocycles. The molecule has 1 aromatic carbocycles. The minimum atomic E-state index is -0.323. The molecule has 2 heterocycles. The fourth-order valence-corrected chi connectivity index (χ4v) is 3.12. The Morgan fingerprint density at radius 2 is 1.83 bits per heavy atom. The maximum Gasteiger partial charge on any atom is 0.287 e. The van der Waals surface area contributed by atoms with Gasteiger partial charge in [-0.25, -0.2) is 9.07 Å². The number of nitrogens with zero attached hydrogens (tertiary/aromatic N) is 4. The van der Waals surface area contributed by atoms with Gasteiger partial charge in [-0.15, -0.1) is 0 Å². The molecule has 0 N–H and O–H groups in total. The van der Waals surface area contributed by atoms with Gasteiger partial charge in [0, 0.05) is 26.2 Å². The number of rotatable bonds is 4. The molecule has 0 aliphatic carbocycles. The smallest absolute Gasteiger partial charge is 0.287 e. The van der Waals surface area contributed by atoms with Crippen molar-refractivity contribution in [3.05, 3.63) is 57.2 Å². The molecule has 7 heteroatoms. The van der Waals surface area contributed by atoms with Crippen LogP contribution in [0.1, 0.15) is 12.5 Å². The second kappa shape index (κ2) is 7.32. The van der Waals surface area contributed by atoms with Gasteiger partial charge in [0.2, 0.25) is 0 Å². The SMILES string of the molecule is CCN1CCN(c2cnn(Cc3ccc(F)cc3)c(=O)c2Cl)CC1. The monoisotopic (exact) mass is 350 g/mol. The van der Waals surface area contributed by atoms with Crippen LogP contribution in [-0.2, 0) is 6.54 Å². The molecule has 1 saturated heterocycles. The summed E-state index contributed by atoms with van der Waals surface area (Å²) in [7, 11) is 0. The largest absolute Gasteiger partial charge is 0.366 e. The van der Waals surface area contributed by atoms with Crippen LogP contribution in [0.15, 0.2) is 35.3 Å². The van der Waals surface area contributed by atoms with E-state index in [0.717, 1.165) is 38.3 Å². The van der Waals surface area contributed by atoms with Crippen molar-refractivity contribution >= 4 is 17.3 Å². The van der Waals surface area contributed by atoms with Crippen molar-refractivity contribution in [2.45, 2.75) is 13.5 Å². The Morgan fingerprint density at radius 1 is 1.17 bits per heavy atom. The quantitative estimate of drug-likeness (QED) is 0.848. The zero-order valence-corrected chi connectivity index (χ0v) is 14.3. The molecule has 5 nitrogen and oxygen atoms in total. The van der Waals surface area contributed by atoms with Crippen LogP contribution in [0.2, 0.25) is 5.02 Å². The maximum atomic E-state index is 13.0. The van der Waals surface area contributed by atoms with Crippen molar-refractivity contribution in [2.75, 3.05) is 37.6 Å². The van der Waals surface area contributed by atoms with Gasteiger partial charge in [0.15, 0.2) is 0 Å². The molecule has 128 valence electrons. The molecule has 0 atom stereocenters. The lowest BCUT2D eigenvalue weighted by Gasteiger charge is -2.35. The molecule has 0 amide bonds. The third kappa shape index (κ3) is 3.60. The summed E-state index contributed by atoms with van der Waals surface area (Å²) in [6.07, 6.45) is 1.65. The van der Waals surface area contributed by atoms with Crippen LogP contribution in [0.5, 0.6) is 0 Å². The van der Waals surface area contributed by atoms with Crippen LogP contribution in [-0.4, -0.2) is 47.4 Å². The summed E-state index contributed by atoms with van der Waals surface area (Å²) < 4.78 is 14.3. The summed E-state index contributed by atoms with van der Waals surface area (Å²) in [6, 6.07) is 6.00. The Kier molecular flexibility index (Phi) is 5.16.